The van der Waals surface area contributed by atoms with Crippen molar-refractivity contribution < 1.29 is 19.1 Å². The van der Waals surface area contributed by atoms with Crippen molar-refractivity contribution in [1.29, 1.82) is 0 Å². The number of alkyl carbamates (subject to hydrolysis) is 1. The SMILES string of the molecule is CC(C)(C)OC(=O)N[C@H](C(N)=O)c1ccccc1.Cl.NC(=O)[C@@H](N)c1ccccc1. The average Bonchev–Trinajstić information content (AvgIpc) is 2.65. The van der Waals surface area contributed by atoms with Gasteiger partial charge in [0.1, 0.15) is 17.7 Å². The van der Waals surface area contributed by atoms with Crippen LogP contribution in [0, 0.1) is 0 Å². The van der Waals surface area contributed by atoms with Crippen molar-refractivity contribution in [3.63, 3.8) is 0 Å². The van der Waals surface area contributed by atoms with Gasteiger partial charge in [-0.05, 0) is 31.9 Å². The van der Waals surface area contributed by atoms with Crippen LogP contribution in [-0.2, 0) is 14.3 Å². The number of rotatable bonds is 5. The number of amides is 3. The van der Waals surface area contributed by atoms with E-state index in [0.717, 1.165) is 5.56 Å². The molecule has 2 rings (SSSR count). The second-order valence-electron chi connectivity index (χ2n) is 7.18. The Labute approximate surface area is 182 Å². The van der Waals surface area contributed by atoms with E-state index in [-0.39, 0.29) is 12.4 Å². The molecule has 8 nitrogen and oxygen atoms in total. The van der Waals surface area contributed by atoms with E-state index >= 15 is 0 Å². The molecule has 0 aliphatic rings. The summed E-state index contributed by atoms with van der Waals surface area (Å²) < 4.78 is 5.08. The van der Waals surface area contributed by atoms with Crippen LogP contribution in [0.15, 0.2) is 60.7 Å². The molecule has 7 N–H and O–H groups in total. The number of benzene rings is 2. The van der Waals surface area contributed by atoms with Crippen molar-refractivity contribution in [2.24, 2.45) is 17.2 Å². The molecule has 9 heteroatoms. The molecule has 0 saturated carbocycles. The van der Waals surface area contributed by atoms with Gasteiger partial charge < -0.3 is 27.3 Å². The molecule has 2 atom stereocenters. The summed E-state index contributed by atoms with van der Waals surface area (Å²) in [6.07, 6.45) is -0.671. The van der Waals surface area contributed by atoms with E-state index in [1.807, 2.05) is 24.3 Å². The third-order valence-corrected chi connectivity index (χ3v) is 3.54. The van der Waals surface area contributed by atoms with E-state index in [1.54, 1.807) is 57.2 Å². The first-order valence-corrected chi connectivity index (χ1v) is 8.95. The maximum Gasteiger partial charge on any atom is 0.408 e. The van der Waals surface area contributed by atoms with E-state index in [4.69, 9.17) is 21.9 Å². The summed E-state index contributed by atoms with van der Waals surface area (Å²) in [6.45, 7) is 5.23. The highest BCUT2D eigenvalue weighted by Gasteiger charge is 2.23. The Morgan fingerprint density at radius 2 is 1.27 bits per heavy atom. The molecule has 0 aliphatic heterocycles. The largest absolute Gasteiger partial charge is 0.444 e. The van der Waals surface area contributed by atoms with Crippen LogP contribution in [0.1, 0.15) is 44.0 Å². The molecule has 2 aromatic carbocycles. The molecule has 0 aliphatic carbocycles. The summed E-state index contributed by atoms with van der Waals surface area (Å²) in [5.74, 6) is -1.14. The van der Waals surface area contributed by atoms with Gasteiger partial charge in [0.25, 0.3) is 0 Å². The van der Waals surface area contributed by atoms with Crippen LogP contribution in [0.4, 0.5) is 4.79 Å². The molecule has 0 bridgehead atoms. The summed E-state index contributed by atoms with van der Waals surface area (Å²) in [6, 6.07) is 16.2. The number of nitrogens with one attached hydrogen (secondary N) is 1. The fraction of sp³-hybridized carbons (Fsp3) is 0.286. The first-order chi connectivity index (χ1) is 13.5. The zero-order chi connectivity index (χ0) is 22.0. The van der Waals surface area contributed by atoms with Crippen molar-refractivity contribution in [2.75, 3.05) is 0 Å². The van der Waals surface area contributed by atoms with Crippen LogP contribution in [0.3, 0.4) is 0 Å². The van der Waals surface area contributed by atoms with Gasteiger partial charge in [-0.15, -0.1) is 12.4 Å². The van der Waals surface area contributed by atoms with Gasteiger partial charge in [-0.3, -0.25) is 9.59 Å². The molecule has 0 heterocycles. The molecule has 30 heavy (non-hydrogen) atoms. The van der Waals surface area contributed by atoms with Crippen molar-refractivity contribution in [1.82, 2.24) is 5.32 Å². The number of halogens is 1. The minimum atomic E-state index is -0.888. The predicted octanol–water partition coefficient (Wildman–Crippen LogP) is 2.33. The maximum absolute atomic E-state index is 11.6. The fourth-order valence-electron chi connectivity index (χ4n) is 2.21. The highest BCUT2D eigenvalue weighted by molar-refractivity contribution is 5.86. The third-order valence-electron chi connectivity index (χ3n) is 3.54. The Morgan fingerprint density at radius 1 is 0.833 bits per heavy atom. The lowest BCUT2D eigenvalue weighted by molar-refractivity contribution is -0.120. The molecule has 0 aromatic heterocycles. The first kappa shape index (κ1) is 26.9. The normalized spacial score (nSPS) is 12.1. The van der Waals surface area contributed by atoms with Crippen molar-refractivity contribution in [3.05, 3.63) is 71.8 Å². The van der Waals surface area contributed by atoms with Crippen molar-refractivity contribution >= 4 is 30.3 Å². The Hall–Kier alpha value is -3.10. The predicted molar refractivity (Wildman–Crippen MR) is 118 cm³/mol. The summed E-state index contributed by atoms with van der Waals surface area (Å²) >= 11 is 0. The Balaban J connectivity index is 0.000000603. The maximum atomic E-state index is 11.6. The standard InChI is InChI=1S/C13H18N2O3.C8H10N2O.ClH/c1-13(2,3)18-12(17)15-10(11(14)16)9-7-5-4-6-8-9;9-7(8(10)11)6-4-2-1-3-5-6;/h4-8,10H,1-3H3,(H2,14,16)(H,15,17);1-5,7H,9H2,(H2,10,11);1H/t10-;7-;/m00./s1. The van der Waals surface area contributed by atoms with Gasteiger partial charge >= 0.3 is 6.09 Å². The van der Waals surface area contributed by atoms with E-state index in [2.05, 4.69) is 5.32 Å². The molecule has 2 aromatic rings. The average molecular weight is 437 g/mol. The monoisotopic (exact) mass is 436 g/mol. The highest BCUT2D eigenvalue weighted by atomic mass is 35.5. The van der Waals surface area contributed by atoms with E-state index < -0.39 is 35.6 Å². The molecule has 0 fully saturated rings. The summed E-state index contributed by atoms with van der Waals surface area (Å²) in [4.78, 5) is 33.6. The Kier molecular flexibility index (Phi) is 11.2. The number of primary amides is 2. The van der Waals surface area contributed by atoms with Crippen LogP contribution in [0.25, 0.3) is 0 Å². The van der Waals surface area contributed by atoms with Gasteiger partial charge in [-0.2, -0.15) is 0 Å². The minimum Gasteiger partial charge on any atom is -0.444 e. The van der Waals surface area contributed by atoms with Gasteiger partial charge in [-0.25, -0.2) is 4.79 Å². The van der Waals surface area contributed by atoms with Crippen molar-refractivity contribution in [3.8, 4) is 0 Å². The zero-order valence-electron chi connectivity index (χ0n) is 17.2. The summed E-state index contributed by atoms with van der Waals surface area (Å²) in [5, 5.41) is 2.45. The smallest absolute Gasteiger partial charge is 0.408 e. The molecular weight excluding hydrogens is 408 g/mol. The lowest BCUT2D eigenvalue weighted by atomic mass is 10.1. The van der Waals surface area contributed by atoms with E-state index in [0.29, 0.717) is 5.56 Å². The Morgan fingerprint density at radius 3 is 1.63 bits per heavy atom. The highest BCUT2D eigenvalue weighted by Crippen LogP contribution is 2.14. The third kappa shape index (κ3) is 9.90. The fourth-order valence-corrected chi connectivity index (χ4v) is 2.21. The van der Waals surface area contributed by atoms with Crippen LogP contribution in [0.2, 0.25) is 0 Å². The lowest BCUT2D eigenvalue weighted by Gasteiger charge is -2.22. The molecule has 0 radical (unpaired) electrons. The zero-order valence-corrected chi connectivity index (χ0v) is 18.0. The lowest BCUT2D eigenvalue weighted by Crippen LogP contribution is -2.40. The van der Waals surface area contributed by atoms with Gasteiger partial charge in [0, 0.05) is 0 Å². The van der Waals surface area contributed by atoms with Gasteiger partial charge in [0.2, 0.25) is 11.8 Å². The second kappa shape index (κ2) is 12.5. The quantitative estimate of drug-likeness (QED) is 0.567. The van der Waals surface area contributed by atoms with Crippen LogP contribution in [0.5, 0.6) is 0 Å². The van der Waals surface area contributed by atoms with Crippen molar-refractivity contribution in [2.45, 2.75) is 38.5 Å². The number of hydrogen-bond donors (Lipinski definition) is 4. The van der Waals surface area contributed by atoms with Gasteiger partial charge in [-0.1, -0.05) is 60.7 Å². The van der Waals surface area contributed by atoms with Gasteiger partial charge in [0.15, 0.2) is 0 Å². The van der Waals surface area contributed by atoms with E-state index in [9.17, 15) is 14.4 Å². The number of nitrogens with two attached hydrogens (primary N) is 3. The minimum absolute atomic E-state index is 0. The summed E-state index contributed by atoms with van der Waals surface area (Å²) in [5.41, 5.74) is 16.5. The van der Waals surface area contributed by atoms with Crippen LogP contribution < -0.4 is 22.5 Å². The first-order valence-electron chi connectivity index (χ1n) is 8.95. The molecule has 0 saturated heterocycles. The molecule has 0 unspecified atom stereocenters. The summed E-state index contributed by atoms with van der Waals surface area (Å²) in [7, 11) is 0. The Bertz CT molecular complexity index is 811. The second-order valence-corrected chi connectivity index (χ2v) is 7.18. The molecule has 164 valence electrons. The topological polar surface area (TPSA) is 151 Å². The molecular formula is C21H29ClN4O4. The molecule has 3 amide bonds. The van der Waals surface area contributed by atoms with Gasteiger partial charge in [0.05, 0.1) is 0 Å². The number of carbonyl (C=O) groups excluding carboxylic acids is 3. The van der Waals surface area contributed by atoms with Crippen LogP contribution in [-0.4, -0.2) is 23.5 Å². The number of hydrogen-bond acceptors (Lipinski definition) is 5. The van der Waals surface area contributed by atoms with Crippen LogP contribution >= 0.6 is 12.4 Å². The molecule has 0 spiro atoms. The van der Waals surface area contributed by atoms with E-state index in [1.165, 1.54) is 0 Å². The number of carbonyl (C=O) groups is 3. The number of ether oxygens (including phenoxy) is 1.